The van der Waals surface area contributed by atoms with Crippen LogP contribution in [0.5, 0.6) is 5.88 Å². The number of fused-ring (bicyclic) bond motifs is 1. The molecule has 0 atom stereocenters. The number of hydrogen-bond donors (Lipinski definition) is 3. The first-order chi connectivity index (χ1) is 18.7. The van der Waals surface area contributed by atoms with E-state index >= 15 is 0 Å². The van der Waals surface area contributed by atoms with Crippen molar-refractivity contribution >= 4 is 23.1 Å². The minimum absolute atomic E-state index is 0.389. The molecule has 39 heavy (non-hydrogen) atoms. The number of rotatable bonds is 8. The molecule has 9 heteroatoms. The maximum absolute atomic E-state index is 12.6. The third-order valence-corrected chi connectivity index (χ3v) is 6.85. The lowest BCUT2D eigenvalue weighted by molar-refractivity contribution is 0.0377. The van der Waals surface area contributed by atoms with E-state index in [1.807, 2.05) is 75.4 Å². The molecule has 4 aromatic rings. The van der Waals surface area contributed by atoms with Gasteiger partial charge in [0.1, 0.15) is 16.7 Å². The van der Waals surface area contributed by atoms with Gasteiger partial charge in [0.25, 0.3) is 0 Å². The Morgan fingerprint density at radius 1 is 1.05 bits per heavy atom. The molecule has 1 aliphatic rings. The Bertz CT molecular complexity index is 1450. The molecule has 0 spiro atoms. The highest BCUT2D eigenvalue weighted by molar-refractivity contribution is 6.03. The molecule has 0 unspecified atom stereocenters. The summed E-state index contributed by atoms with van der Waals surface area (Å²) in [5.41, 5.74) is 8.79. The van der Waals surface area contributed by atoms with Crippen LogP contribution in [0.1, 0.15) is 45.6 Å². The molecule has 4 N–H and O–H groups in total. The molecule has 1 saturated carbocycles. The van der Waals surface area contributed by atoms with Crippen LogP contribution in [0, 0.1) is 0 Å². The molecular formula is C30H35N5O4. The van der Waals surface area contributed by atoms with Crippen LogP contribution in [-0.2, 0) is 10.3 Å². The Hall–Kier alpha value is -4.11. The lowest BCUT2D eigenvalue weighted by Gasteiger charge is -2.43. The van der Waals surface area contributed by atoms with E-state index in [-0.39, 0.29) is 0 Å². The maximum atomic E-state index is 12.6. The highest BCUT2D eigenvalue weighted by atomic mass is 16.6. The minimum atomic E-state index is -0.558. The van der Waals surface area contributed by atoms with Crippen molar-refractivity contribution in [2.24, 2.45) is 5.73 Å². The van der Waals surface area contributed by atoms with E-state index in [2.05, 4.69) is 20.6 Å². The smallest absolute Gasteiger partial charge is 0.408 e. The van der Waals surface area contributed by atoms with E-state index in [0.29, 0.717) is 41.8 Å². The van der Waals surface area contributed by atoms with Crippen LogP contribution in [0.15, 0.2) is 59.0 Å². The van der Waals surface area contributed by atoms with Gasteiger partial charge in [0.2, 0.25) is 17.5 Å². The maximum Gasteiger partial charge on any atom is 0.408 e. The molecule has 204 valence electrons. The molecule has 0 bridgehead atoms. The Balaban J connectivity index is 1.56. The average molecular weight is 530 g/mol. The summed E-state index contributed by atoms with van der Waals surface area (Å²) in [5, 5.41) is 6.92. The van der Waals surface area contributed by atoms with E-state index in [9.17, 15) is 4.79 Å². The lowest BCUT2D eigenvalue weighted by atomic mass is 9.71. The topological polar surface area (TPSA) is 125 Å². The number of furan rings is 1. The molecule has 5 rings (SSSR count). The molecule has 2 aromatic carbocycles. The van der Waals surface area contributed by atoms with Gasteiger partial charge in [-0.2, -0.15) is 9.97 Å². The Labute approximate surface area is 228 Å². The van der Waals surface area contributed by atoms with E-state index < -0.39 is 17.2 Å². The number of carbonyl (C=O) groups is 1. The molecule has 1 fully saturated rings. The summed E-state index contributed by atoms with van der Waals surface area (Å²) in [6.07, 6.45) is 2.35. The second-order valence-electron chi connectivity index (χ2n) is 10.8. The molecule has 1 amide bonds. The van der Waals surface area contributed by atoms with Crippen LogP contribution in [0.3, 0.4) is 0 Å². The molecule has 0 aliphatic heterocycles. The fraction of sp³-hybridized carbons (Fsp3) is 0.367. The quantitative estimate of drug-likeness (QED) is 0.260. The van der Waals surface area contributed by atoms with Gasteiger partial charge in [-0.1, -0.05) is 54.6 Å². The highest BCUT2D eigenvalue weighted by Gasteiger charge is 2.41. The Kier molecular flexibility index (Phi) is 7.18. The fourth-order valence-electron chi connectivity index (χ4n) is 4.92. The summed E-state index contributed by atoms with van der Waals surface area (Å²) in [4.78, 5) is 21.8. The average Bonchev–Trinajstić information content (AvgIpc) is 3.28. The minimum Gasteiger partial charge on any atom is -0.480 e. The highest BCUT2D eigenvalue weighted by Crippen LogP contribution is 2.45. The third-order valence-electron chi connectivity index (χ3n) is 6.85. The fourth-order valence-corrected chi connectivity index (χ4v) is 4.92. The number of benzene rings is 2. The van der Waals surface area contributed by atoms with Crippen LogP contribution in [0.25, 0.3) is 33.6 Å². The van der Waals surface area contributed by atoms with Gasteiger partial charge in [-0.15, -0.1) is 0 Å². The molecular weight excluding hydrogens is 494 g/mol. The molecule has 2 heterocycles. The molecule has 0 saturated heterocycles. The number of hydrogen-bond acceptors (Lipinski definition) is 8. The summed E-state index contributed by atoms with van der Waals surface area (Å²) in [6, 6.07) is 18.1. The number of methoxy groups -OCH3 is 1. The number of aromatic nitrogens is 2. The number of amides is 1. The second-order valence-corrected chi connectivity index (χ2v) is 10.8. The van der Waals surface area contributed by atoms with Crippen molar-refractivity contribution < 1.29 is 18.7 Å². The largest absolute Gasteiger partial charge is 0.480 e. The second kappa shape index (κ2) is 10.6. The van der Waals surface area contributed by atoms with E-state index in [1.165, 1.54) is 0 Å². The summed E-state index contributed by atoms with van der Waals surface area (Å²) in [6.45, 7) is 6.56. The predicted octanol–water partition coefficient (Wildman–Crippen LogP) is 5.84. The lowest BCUT2D eigenvalue weighted by Crippen LogP contribution is -2.52. The van der Waals surface area contributed by atoms with Gasteiger partial charge < -0.3 is 30.3 Å². The monoisotopic (exact) mass is 529 g/mol. The predicted molar refractivity (Wildman–Crippen MR) is 152 cm³/mol. The van der Waals surface area contributed by atoms with E-state index in [0.717, 1.165) is 41.5 Å². The van der Waals surface area contributed by atoms with Crippen molar-refractivity contribution in [1.82, 2.24) is 15.3 Å². The normalized spacial score (nSPS) is 14.5. The number of anilines is 1. The summed E-state index contributed by atoms with van der Waals surface area (Å²) in [5.74, 6) is 1.47. The van der Waals surface area contributed by atoms with Gasteiger partial charge in [0, 0.05) is 24.2 Å². The van der Waals surface area contributed by atoms with Crippen molar-refractivity contribution in [1.29, 1.82) is 0 Å². The van der Waals surface area contributed by atoms with E-state index in [1.54, 1.807) is 7.11 Å². The standard InChI is InChI=1S/C30H35N5O4/c1-29(2,3)39-28(36)35-30(15-8-16-30)21-13-11-20(12-14-21)24-22(19-9-6-5-7-10-19)23-25(37-4)33-27(32-18-17-31)34-26(23)38-24/h5-7,9-14H,8,15-18,31H2,1-4H3,(H,35,36)(H,32,33,34). The number of nitrogens with zero attached hydrogens (tertiary/aromatic N) is 2. The van der Waals surface area contributed by atoms with Crippen LogP contribution >= 0.6 is 0 Å². The Morgan fingerprint density at radius 2 is 1.77 bits per heavy atom. The molecule has 9 nitrogen and oxygen atoms in total. The van der Waals surface area contributed by atoms with Gasteiger partial charge in [0.15, 0.2) is 0 Å². The van der Waals surface area contributed by atoms with Gasteiger partial charge in [-0.05, 0) is 51.2 Å². The van der Waals surface area contributed by atoms with Gasteiger partial charge >= 0.3 is 6.09 Å². The zero-order valence-electron chi connectivity index (χ0n) is 22.8. The first-order valence-electron chi connectivity index (χ1n) is 13.2. The van der Waals surface area contributed by atoms with Gasteiger partial charge in [0.05, 0.1) is 12.6 Å². The van der Waals surface area contributed by atoms with Crippen LogP contribution in [0.4, 0.5) is 10.7 Å². The van der Waals surface area contributed by atoms with Crippen LogP contribution < -0.4 is 21.1 Å². The van der Waals surface area contributed by atoms with Crippen LogP contribution in [0.2, 0.25) is 0 Å². The van der Waals surface area contributed by atoms with Crippen LogP contribution in [-0.4, -0.2) is 41.9 Å². The third kappa shape index (κ3) is 5.40. The van der Waals surface area contributed by atoms with Crippen molar-refractivity contribution in [2.45, 2.75) is 51.2 Å². The molecule has 2 aromatic heterocycles. The Morgan fingerprint density at radius 3 is 2.36 bits per heavy atom. The van der Waals surface area contributed by atoms with Crippen molar-refractivity contribution in [3.8, 4) is 28.3 Å². The van der Waals surface area contributed by atoms with Crippen molar-refractivity contribution in [3.63, 3.8) is 0 Å². The van der Waals surface area contributed by atoms with Gasteiger partial charge in [-0.25, -0.2) is 4.79 Å². The summed E-state index contributed by atoms with van der Waals surface area (Å²) < 4.78 is 17.6. The number of nitrogens with two attached hydrogens (primary N) is 1. The first-order valence-corrected chi connectivity index (χ1v) is 13.2. The SMILES string of the molecule is COc1nc(NCCN)nc2oc(-c3ccc(C4(NC(=O)OC(C)(C)C)CCC4)cc3)c(-c3ccccc3)c12. The summed E-state index contributed by atoms with van der Waals surface area (Å²) in [7, 11) is 1.58. The molecule has 0 radical (unpaired) electrons. The van der Waals surface area contributed by atoms with E-state index in [4.69, 9.17) is 19.6 Å². The number of ether oxygens (including phenoxy) is 2. The number of alkyl carbamates (subject to hydrolysis) is 1. The summed E-state index contributed by atoms with van der Waals surface area (Å²) >= 11 is 0. The van der Waals surface area contributed by atoms with Gasteiger partial charge in [-0.3, -0.25) is 0 Å². The number of nitrogens with one attached hydrogen (secondary N) is 2. The zero-order chi connectivity index (χ0) is 27.6. The number of carbonyl (C=O) groups excluding carboxylic acids is 1. The van der Waals surface area contributed by atoms with Crippen molar-refractivity contribution in [2.75, 3.05) is 25.5 Å². The molecule has 1 aliphatic carbocycles. The zero-order valence-corrected chi connectivity index (χ0v) is 22.8. The van der Waals surface area contributed by atoms with Crippen molar-refractivity contribution in [3.05, 3.63) is 60.2 Å². The first kappa shape index (κ1) is 26.5.